The standard InChI is InChI=1S/C8H11N3O2/c1-9-7(12)3-2-6-4-5-10-8(6)11-13/h4-6H,2-3H2,1H3,(H,9,12). The average molecular weight is 181 g/mol. The summed E-state index contributed by atoms with van der Waals surface area (Å²) in [6, 6.07) is 0. The minimum absolute atomic E-state index is 0.0365. The van der Waals surface area contributed by atoms with Crippen LogP contribution in [0, 0.1) is 10.8 Å². The molecular formula is C8H11N3O2. The summed E-state index contributed by atoms with van der Waals surface area (Å²) < 4.78 is 0. The van der Waals surface area contributed by atoms with Crippen molar-refractivity contribution in [3.63, 3.8) is 0 Å². The van der Waals surface area contributed by atoms with E-state index in [2.05, 4.69) is 15.5 Å². The molecule has 5 nitrogen and oxygen atoms in total. The quantitative estimate of drug-likeness (QED) is 0.655. The van der Waals surface area contributed by atoms with E-state index in [9.17, 15) is 9.70 Å². The van der Waals surface area contributed by atoms with Crippen molar-refractivity contribution in [2.45, 2.75) is 12.8 Å². The molecule has 0 spiro atoms. The number of amides is 1. The molecule has 1 aliphatic heterocycles. The molecule has 1 rings (SSSR count). The van der Waals surface area contributed by atoms with Crippen LogP contribution in [0.3, 0.4) is 0 Å². The smallest absolute Gasteiger partial charge is 0.219 e. The average Bonchev–Trinajstić information content (AvgIpc) is 2.61. The van der Waals surface area contributed by atoms with Crippen molar-refractivity contribution < 1.29 is 4.79 Å². The summed E-state index contributed by atoms with van der Waals surface area (Å²) in [5, 5.41) is 5.29. The Kier molecular flexibility index (Phi) is 3.31. The first-order valence-corrected chi connectivity index (χ1v) is 4.06. The third-order valence-corrected chi connectivity index (χ3v) is 1.91. The van der Waals surface area contributed by atoms with Crippen molar-refractivity contribution in [2.75, 3.05) is 7.05 Å². The van der Waals surface area contributed by atoms with Gasteiger partial charge in [0.05, 0.1) is 0 Å². The number of nitrogens with zero attached hydrogens (tertiary/aromatic N) is 2. The van der Waals surface area contributed by atoms with Crippen molar-refractivity contribution in [2.24, 2.45) is 16.1 Å². The minimum atomic E-state index is -0.0881. The Labute approximate surface area is 75.9 Å². The summed E-state index contributed by atoms with van der Waals surface area (Å²) in [4.78, 5) is 24.9. The minimum Gasteiger partial charge on any atom is -0.359 e. The van der Waals surface area contributed by atoms with Crippen LogP contribution in [0.15, 0.2) is 22.4 Å². The van der Waals surface area contributed by atoms with Crippen LogP contribution in [0.25, 0.3) is 0 Å². The molecule has 1 aliphatic rings. The monoisotopic (exact) mass is 181 g/mol. The van der Waals surface area contributed by atoms with Gasteiger partial charge in [-0.1, -0.05) is 6.08 Å². The van der Waals surface area contributed by atoms with Gasteiger partial charge in [0.2, 0.25) is 5.91 Å². The molecule has 0 aliphatic carbocycles. The van der Waals surface area contributed by atoms with Gasteiger partial charge in [-0.2, -0.15) is 0 Å². The predicted molar refractivity (Wildman–Crippen MR) is 49.2 cm³/mol. The molecule has 70 valence electrons. The van der Waals surface area contributed by atoms with Gasteiger partial charge < -0.3 is 5.32 Å². The number of rotatable bonds is 3. The van der Waals surface area contributed by atoms with Gasteiger partial charge in [0, 0.05) is 25.6 Å². The number of carbonyl (C=O) groups is 1. The number of hydrogen-bond donors (Lipinski definition) is 1. The highest BCUT2D eigenvalue weighted by molar-refractivity contribution is 5.89. The summed E-state index contributed by atoms with van der Waals surface area (Å²) in [6.07, 6.45) is 4.30. The highest BCUT2D eigenvalue weighted by Crippen LogP contribution is 2.16. The van der Waals surface area contributed by atoms with Gasteiger partial charge in [-0.25, -0.2) is 4.99 Å². The molecule has 0 saturated heterocycles. The summed E-state index contributed by atoms with van der Waals surface area (Å²) in [7, 11) is 1.58. The molecule has 13 heavy (non-hydrogen) atoms. The SMILES string of the molecule is CNC(=O)CCC1C=CN=C1N=O. The molecule has 1 unspecified atom stereocenters. The zero-order chi connectivity index (χ0) is 9.68. The van der Waals surface area contributed by atoms with Crippen LogP contribution in [-0.2, 0) is 4.79 Å². The van der Waals surface area contributed by atoms with E-state index in [0.717, 1.165) is 0 Å². The molecule has 1 atom stereocenters. The first-order chi connectivity index (χ1) is 6.27. The highest BCUT2D eigenvalue weighted by Gasteiger charge is 2.18. The van der Waals surface area contributed by atoms with Gasteiger partial charge in [0.1, 0.15) is 0 Å². The van der Waals surface area contributed by atoms with E-state index in [-0.39, 0.29) is 17.7 Å². The Bertz CT molecular complexity index is 271. The zero-order valence-electron chi connectivity index (χ0n) is 7.36. The van der Waals surface area contributed by atoms with Crippen molar-refractivity contribution in [1.29, 1.82) is 0 Å². The van der Waals surface area contributed by atoms with Crippen LogP contribution >= 0.6 is 0 Å². The third-order valence-electron chi connectivity index (χ3n) is 1.91. The lowest BCUT2D eigenvalue weighted by Crippen LogP contribution is -2.19. The van der Waals surface area contributed by atoms with Crippen molar-refractivity contribution >= 4 is 11.7 Å². The van der Waals surface area contributed by atoms with E-state index >= 15 is 0 Å². The molecule has 0 fully saturated rings. The Morgan fingerprint density at radius 2 is 2.54 bits per heavy atom. The fourth-order valence-corrected chi connectivity index (χ4v) is 1.13. The first kappa shape index (κ1) is 9.57. The molecule has 0 radical (unpaired) electrons. The molecule has 0 saturated carbocycles. The Hall–Kier alpha value is -1.52. The second-order valence-electron chi connectivity index (χ2n) is 2.74. The van der Waals surface area contributed by atoms with Gasteiger partial charge >= 0.3 is 0 Å². The maximum Gasteiger partial charge on any atom is 0.219 e. The number of nitrogens with one attached hydrogen (secondary N) is 1. The van der Waals surface area contributed by atoms with E-state index < -0.39 is 0 Å². The van der Waals surface area contributed by atoms with Crippen LogP contribution in [-0.4, -0.2) is 18.8 Å². The van der Waals surface area contributed by atoms with E-state index in [0.29, 0.717) is 12.8 Å². The fraction of sp³-hybridized carbons (Fsp3) is 0.500. The number of amidine groups is 1. The maximum absolute atomic E-state index is 10.9. The van der Waals surface area contributed by atoms with Crippen LogP contribution < -0.4 is 5.32 Å². The van der Waals surface area contributed by atoms with E-state index in [1.54, 1.807) is 19.3 Å². The Morgan fingerprint density at radius 1 is 1.77 bits per heavy atom. The van der Waals surface area contributed by atoms with Gasteiger partial charge in [0.15, 0.2) is 5.84 Å². The lowest BCUT2D eigenvalue weighted by molar-refractivity contribution is -0.120. The molecule has 0 aromatic rings. The van der Waals surface area contributed by atoms with E-state index in [1.165, 1.54) is 0 Å². The van der Waals surface area contributed by atoms with Crippen molar-refractivity contribution in [1.82, 2.24) is 5.32 Å². The molecule has 5 heteroatoms. The van der Waals surface area contributed by atoms with Gasteiger partial charge in [-0.05, 0) is 11.6 Å². The summed E-state index contributed by atoms with van der Waals surface area (Å²) in [5.74, 6) is 0.143. The van der Waals surface area contributed by atoms with Gasteiger partial charge in [-0.3, -0.25) is 4.79 Å². The van der Waals surface area contributed by atoms with E-state index in [4.69, 9.17) is 0 Å². The van der Waals surface area contributed by atoms with Crippen LogP contribution in [0.5, 0.6) is 0 Å². The second kappa shape index (κ2) is 4.49. The molecule has 1 N–H and O–H groups in total. The van der Waals surface area contributed by atoms with Crippen LogP contribution in [0.4, 0.5) is 0 Å². The van der Waals surface area contributed by atoms with Crippen molar-refractivity contribution in [3.8, 4) is 0 Å². The number of hydrogen-bond acceptors (Lipinski definition) is 4. The van der Waals surface area contributed by atoms with Crippen LogP contribution in [0.2, 0.25) is 0 Å². The number of aliphatic imine (C=N–C) groups is 1. The summed E-state index contributed by atoms with van der Waals surface area (Å²) >= 11 is 0. The van der Waals surface area contributed by atoms with Crippen LogP contribution in [0.1, 0.15) is 12.8 Å². The highest BCUT2D eigenvalue weighted by atomic mass is 16.3. The summed E-state index contributed by atoms with van der Waals surface area (Å²) in [5.41, 5.74) is 0. The normalized spacial score (nSPS) is 19.8. The molecule has 1 heterocycles. The van der Waals surface area contributed by atoms with Crippen molar-refractivity contribution in [3.05, 3.63) is 17.2 Å². The second-order valence-corrected chi connectivity index (χ2v) is 2.74. The maximum atomic E-state index is 10.9. The lowest BCUT2D eigenvalue weighted by Gasteiger charge is -2.04. The summed E-state index contributed by atoms with van der Waals surface area (Å²) in [6.45, 7) is 0. The molecule has 1 amide bonds. The molecule has 0 aromatic carbocycles. The van der Waals surface area contributed by atoms with E-state index in [1.807, 2.05) is 0 Å². The molecule has 0 aromatic heterocycles. The number of nitroso groups, excluding NO2 is 1. The Morgan fingerprint density at radius 3 is 3.15 bits per heavy atom. The topological polar surface area (TPSA) is 70.9 Å². The largest absolute Gasteiger partial charge is 0.359 e. The predicted octanol–water partition coefficient (Wildman–Crippen LogP) is 0.821. The first-order valence-electron chi connectivity index (χ1n) is 4.06. The number of carbonyl (C=O) groups excluding carboxylic acids is 1. The lowest BCUT2D eigenvalue weighted by atomic mass is 10.0. The Balaban J connectivity index is 2.38. The van der Waals surface area contributed by atoms with Gasteiger partial charge in [-0.15, -0.1) is 4.91 Å². The van der Waals surface area contributed by atoms with Gasteiger partial charge in [0.25, 0.3) is 0 Å². The fourth-order valence-electron chi connectivity index (χ4n) is 1.13. The molecule has 0 bridgehead atoms. The zero-order valence-corrected chi connectivity index (χ0v) is 7.36. The third kappa shape index (κ3) is 2.47. The molecular weight excluding hydrogens is 170 g/mol.